The van der Waals surface area contributed by atoms with Crippen molar-refractivity contribution in [3.05, 3.63) is 86.6 Å². The van der Waals surface area contributed by atoms with E-state index >= 15 is 0 Å². The van der Waals surface area contributed by atoms with Crippen molar-refractivity contribution in [2.75, 3.05) is 16.0 Å². The molecule has 12 heteroatoms. The van der Waals surface area contributed by atoms with Gasteiger partial charge in [0.05, 0.1) is 32.2 Å². The fourth-order valence-corrected chi connectivity index (χ4v) is 5.20. The van der Waals surface area contributed by atoms with Crippen molar-refractivity contribution in [2.24, 2.45) is 5.92 Å². The molecule has 1 saturated carbocycles. The smallest absolute Gasteiger partial charge is 0.257 e. The van der Waals surface area contributed by atoms with E-state index in [1.54, 1.807) is 18.2 Å². The topological polar surface area (TPSA) is 87.3 Å². The van der Waals surface area contributed by atoms with E-state index in [2.05, 4.69) is 16.0 Å². The van der Waals surface area contributed by atoms with E-state index in [1.165, 1.54) is 37.3 Å². The molecule has 3 amide bonds. The first-order chi connectivity index (χ1) is 17.4. The summed E-state index contributed by atoms with van der Waals surface area (Å²) in [7, 11) is 0. The summed E-state index contributed by atoms with van der Waals surface area (Å²) in [5, 5.41) is 8.31. The van der Waals surface area contributed by atoms with E-state index in [9.17, 15) is 18.8 Å². The Morgan fingerprint density at radius 2 is 1.46 bits per heavy atom. The van der Waals surface area contributed by atoms with Crippen molar-refractivity contribution in [2.45, 2.75) is 17.2 Å². The van der Waals surface area contributed by atoms with E-state index in [-0.39, 0.29) is 33.6 Å². The first kappa shape index (κ1) is 27.5. The van der Waals surface area contributed by atoms with Crippen LogP contribution in [0.3, 0.4) is 0 Å². The van der Waals surface area contributed by atoms with Crippen molar-refractivity contribution in [1.29, 1.82) is 0 Å². The van der Waals surface area contributed by atoms with Crippen LogP contribution in [0.2, 0.25) is 15.1 Å². The maximum atomic E-state index is 14.4. The number of carbonyl (C=O) groups is 3. The molecule has 0 radical (unpaired) electrons. The van der Waals surface area contributed by atoms with Gasteiger partial charge in [-0.3, -0.25) is 14.4 Å². The maximum absolute atomic E-state index is 14.4. The van der Waals surface area contributed by atoms with Gasteiger partial charge in [-0.25, -0.2) is 4.39 Å². The number of alkyl halides is 2. The minimum Gasteiger partial charge on any atom is -0.326 e. The SMILES string of the molecule is CC(=O)Nc1ccc(NC(=O)c2cc(NC(=O)[C@@H]3[C@@H](c4ccc(Cl)c(Cl)c4)C3(Cl)Cl)ccc2Cl)c(F)c1. The molecule has 1 aliphatic rings. The van der Waals surface area contributed by atoms with Crippen LogP contribution in [0.4, 0.5) is 21.5 Å². The Labute approximate surface area is 236 Å². The van der Waals surface area contributed by atoms with Crippen LogP contribution in [-0.2, 0) is 9.59 Å². The van der Waals surface area contributed by atoms with Gasteiger partial charge >= 0.3 is 0 Å². The van der Waals surface area contributed by atoms with E-state index in [0.717, 1.165) is 6.07 Å². The third kappa shape index (κ3) is 5.97. The van der Waals surface area contributed by atoms with Crippen molar-refractivity contribution in [3.63, 3.8) is 0 Å². The largest absolute Gasteiger partial charge is 0.326 e. The van der Waals surface area contributed by atoms with Crippen LogP contribution < -0.4 is 16.0 Å². The summed E-state index contributed by atoms with van der Waals surface area (Å²) in [5.74, 6) is -3.63. The summed E-state index contributed by atoms with van der Waals surface area (Å²) >= 11 is 31.0. The van der Waals surface area contributed by atoms with Gasteiger partial charge in [-0.2, -0.15) is 0 Å². The molecular formula is C25H17Cl5FN3O3. The Bertz CT molecular complexity index is 1430. The van der Waals surface area contributed by atoms with Gasteiger partial charge in [-0.15, -0.1) is 23.2 Å². The molecule has 0 aromatic heterocycles. The molecule has 1 fully saturated rings. The standard InChI is InChI=1S/C25H17Cl5FN3O3/c1-11(35)32-14-4-7-20(19(31)10-14)34-23(36)15-9-13(3-6-16(15)26)33-24(37)22-21(25(22,29)30)12-2-5-17(27)18(28)8-12/h2-10,21-22H,1H3,(H,32,35)(H,33,37)(H,34,36)/t21-,22+/m1/s1. The zero-order valence-corrected chi connectivity index (χ0v) is 22.6. The number of hydrogen-bond donors (Lipinski definition) is 3. The maximum Gasteiger partial charge on any atom is 0.257 e. The van der Waals surface area contributed by atoms with Crippen molar-refractivity contribution in [1.82, 2.24) is 0 Å². The average molecular weight is 604 g/mol. The molecule has 192 valence electrons. The van der Waals surface area contributed by atoms with E-state index in [0.29, 0.717) is 15.6 Å². The van der Waals surface area contributed by atoms with Gasteiger partial charge in [0.2, 0.25) is 11.8 Å². The second kappa shape index (κ2) is 10.7. The lowest BCUT2D eigenvalue weighted by atomic mass is 10.1. The lowest BCUT2D eigenvalue weighted by Gasteiger charge is -2.11. The molecule has 6 nitrogen and oxygen atoms in total. The normalized spacial score (nSPS) is 17.6. The first-order valence-corrected chi connectivity index (χ1v) is 12.6. The molecule has 2 atom stereocenters. The Balaban J connectivity index is 1.48. The highest BCUT2D eigenvalue weighted by molar-refractivity contribution is 6.53. The summed E-state index contributed by atoms with van der Waals surface area (Å²) in [4.78, 5) is 37.0. The highest BCUT2D eigenvalue weighted by Crippen LogP contribution is 2.65. The molecular weight excluding hydrogens is 587 g/mol. The van der Waals surface area contributed by atoms with E-state index in [4.69, 9.17) is 58.0 Å². The first-order valence-electron chi connectivity index (χ1n) is 10.7. The molecule has 3 aromatic rings. The molecule has 4 rings (SSSR count). The van der Waals surface area contributed by atoms with Crippen LogP contribution in [0, 0.1) is 11.7 Å². The highest BCUT2D eigenvalue weighted by atomic mass is 35.5. The van der Waals surface area contributed by atoms with Gasteiger partial charge in [0.25, 0.3) is 5.91 Å². The molecule has 0 spiro atoms. The number of carbonyl (C=O) groups excluding carboxylic acids is 3. The molecule has 3 N–H and O–H groups in total. The monoisotopic (exact) mass is 601 g/mol. The van der Waals surface area contributed by atoms with Gasteiger partial charge in [-0.1, -0.05) is 40.9 Å². The number of anilines is 3. The van der Waals surface area contributed by atoms with Crippen LogP contribution in [0.1, 0.15) is 28.8 Å². The summed E-state index contributed by atoms with van der Waals surface area (Å²) in [6, 6.07) is 13.0. The number of hydrogen-bond acceptors (Lipinski definition) is 3. The zero-order chi connectivity index (χ0) is 27.1. The number of rotatable bonds is 6. The quantitative estimate of drug-likeness (QED) is 0.255. The number of halogens is 6. The Hall–Kier alpha value is -2.55. The minimum absolute atomic E-state index is 0.00959. The number of nitrogens with one attached hydrogen (secondary N) is 3. The molecule has 1 aliphatic carbocycles. The molecule has 0 saturated heterocycles. The van der Waals surface area contributed by atoms with Crippen LogP contribution in [0.15, 0.2) is 54.6 Å². The summed E-state index contributed by atoms with van der Waals surface area (Å²) < 4.78 is 13.1. The molecule has 3 aromatic carbocycles. The van der Waals surface area contributed by atoms with Crippen molar-refractivity contribution >= 4 is 92.8 Å². The minimum atomic E-state index is -1.37. The zero-order valence-electron chi connectivity index (χ0n) is 18.8. The third-order valence-electron chi connectivity index (χ3n) is 5.65. The van der Waals surface area contributed by atoms with Crippen LogP contribution in [0.5, 0.6) is 0 Å². The van der Waals surface area contributed by atoms with Crippen LogP contribution in [-0.4, -0.2) is 22.1 Å². The van der Waals surface area contributed by atoms with Crippen molar-refractivity contribution in [3.8, 4) is 0 Å². The fourth-order valence-electron chi connectivity index (χ4n) is 3.86. The second-order valence-electron chi connectivity index (χ2n) is 8.32. The number of benzene rings is 3. The predicted molar refractivity (Wildman–Crippen MR) is 146 cm³/mol. The summed E-state index contributed by atoms with van der Waals surface area (Å²) in [5.41, 5.74) is 1.01. The van der Waals surface area contributed by atoms with Gasteiger partial charge in [-0.05, 0) is 54.1 Å². The van der Waals surface area contributed by atoms with Crippen LogP contribution >= 0.6 is 58.0 Å². The fraction of sp³-hybridized carbons (Fsp3) is 0.160. The van der Waals surface area contributed by atoms with Gasteiger partial charge in [0, 0.05) is 24.2 Å². The van der Waals surface area contributed by atoms with Gasteiger partial charge in [0.15, 0.2) is 0 Å². The Kier molecular flexibility index (Phi) is 7.93. The average Bonchev–Trinajstić information content (AvgIpc) is 3.40. The highest BCUT2D eigenvalue weighted by Gasteiger charge is 2.67. The molecule has 0 heterocycles. The van der Waals surface area contributed by atoms with E-state index in [1.807, 2.05) is 0 Å². The second-order valence-corrected chi connectivity index (χ2v) is 11.0. The third-order valence-corrected chi connectivity index (χ3v) is 7.66. The van der Waals surface area contributed by atoms with Crippen molar-refractivity contribution < 1.29 is 18.8 Å². The predicted octanol–water partition coefficient (Wildman–Crippen LogP) is 7.52. The lowest BCUT2D eigenvalue weighted by Crippen LogP contribution is -2.18. The van der Waals surface area contributed by atoms with E-state index < -0.39 is 33.8 Å². The molecule has 0 aliphatic heterocycles. The Morgan fingerprint density at radius 3 is 2.11 bits per heavy atom. The van der Waals surface area contributed by atoms with Crippen LogP contribution in [0.25, 0.3) is 0 Å². The number of amides is 3. The lowest BCUT2D eigenvalue weighted by molar-refractivity contribution is -0.117. The molecule has 0 bridgehead atoms. The van der Waals surface area contributed by atoms with Gasteiger partial charge < -0.3 is 16.0 Å². The molecule has 37 heavy (non-hydrogen) atoms. The van der Waals surface area contributed by atoms with Gasteiger partial charge in [0.1, 0.15) is 10.2 Å². The molecule has 0 unspecified atom stereocenters. The summed E-state index contributed by atoms with van der Waals surface area (Å²) in [6.07, 6.45) is 0. The summed E-state index contributed by atoms with van der Waals surface area (Å²) in [6.45, 7) is 1.29. The Morgan fingerprint density at radius 1 is 0.811 bits per heavy atom.